The second-order valence-corrected chi connectivity index (χ2v) is 4.58. The Labute approximate surface area is 123 Å². The summed E-state index contributed by atoms with van der Waals surface area (Å²) in [7, 11) is 0. The van der Waals surface area contributed by atoms with Crippen LogP contribution in [0.1, 0.15) is 12.5 Å². The zero-order valence-electron chi connectivity index (χ0n) is 11.0. The van der Waals surface area contributed by atoms with E-state index in [0.717, 1.165) is 12.1 Å². The molecule has 0 atom stereocenters. The largest absolute Gasteiger partial charge is 0.460 e. The minimum atomic E-state index is -1.04. The van der Waals surface area contributed by atoms with Crippen LogP contribution >= 0.6 is 11.6 Å². The van der Waals surface area contributed by atoms with E-state index in [-0.39, 0.29) is 34.6 Å². The number of pyridine rings is 1. The monoisotopic (exact) mass is 313 g/mol. The first-order chi connectivity index (χ1) is 9.92. The van der Waals surface area contributed by atoms with Gasteiger partial charge in [0, 0.05) is 17.9 Å². The van der Waals surface area contributed by atoms with E-state index in [0.29, 0.717) is 0 Å². The summed E-state index contributed by atoms with van der Waals surface area (Å²) in [6, 6.07) is 3.25. The highest BCUT2D eigenvalue weighted by molar-refractivity contribution is 6.35. The molecule has 0 radical (unpaired) electrons. The standard InChI is InChI=1S/C14H10ClF2NO3/c1-2-21-14(20)12(19)5-8-3-7-4-9(16)10(17)6-11(7)18-13(8)15/h3-4,6H,2,5H2,1H3. The Morgan fingerprint density at radius 2 is 1.90 bits per heavy atom. The van der Waals surface area contributed by atoms with Crippen LogP contribution in [0.25, 0.3) is 10.9 Å². The lowest BCUT2D eigenvalue weighted by Gasteiger charge is -2.06. The van der Waals surface area contributed by atoms with Crippen LogP contribution < -0.4 is 0 Å². The molecule has 0 saturated carbocycles. The minimum absolute atomic E-state index is 0.0499. The van der Waals surface area contributed by atoms with Gasteiger partial charge in [-0.1, -0.05) is 11.6 Å². The topological polar surface area (TPSA) is 56.3 Å². The van der Waals surface area contributed by atoms with E-state index in [2.05, 4.69) is 9.72 Å². The highest BCUT2D eigenvalue weighted by Crippen LogP contribution is 2.23. The van der Waals surface area contributed by atoms with E-state index in [1.54, 1.807) is 6.92 Å². The average molecular weight is 314 g/mol. The molecule has 0 N–H and O–H groups in total. The highest BCUT2D eigenvalue weighted by atomic mass is 35.5. The van der Waals surface area contributed by atoms with Crippen molar-refractivity contribution in [3.8, 4) is 0 Å². The second-order valence-electron chi connectivity index (χ2n) is 4.22. The van der Waals surface area contributed by atoms with Crippen LogP contribution in [0.3, 0.4) is 0 Å². The maximum absolute atomic E-state index is 13.2. The van der Waals surface area contributed by atoms with Crippen molar-refractivity contribution in [3.05, 3.63) is 40.6 Å². The van der Waals surface area contributed by atoms with Crippen LogP contribution in [-0.4, -0.2) is 23.3 Å². The molecule has 0 aliphatic rings. The summed E-state index contributed by atoms with van der Waals surface area (Å²) in [5.41, 5.74) is 0.402. The van der Waals surface area contributed by atoms with Crippen molar-refractivity contribution in [2.45, 2.75) is 13.3 Å². The molecular formula is C14H10ClF2NO3. The Hall–Kier alpha value is -2.08. The van der Waals surface area contributed by atoms with Crippen molar-refractivity contribution in [1.82, 2.24) is 4.98 Å². The molecule has 0 saturated heterocycles. The molecule has 21 heavy (non-hydrogen) atoms. The van der Waals surface area contributed by atoms with Crippen LogP contribution in [0.4, 0.5) is 8.78 Å². The molecular weight excluding hydrogens is 304 g/mol. The van der Waals surface area contributed by atoms with Gasteiger partial charge in [-0.3, -0.25) is 4.79 Å². The van der Waals surface area contributed by atoms with Crippen molar-refractivity contribution in [1.29, 1.82) is 0 Å². The number of nitrogens with zero attached hydrogens (tertiary/aromatic N) is 1. The molecule has 2 aromatic rings. The van der Waals surface area contributed by atoms with E-state index in [9.17, 15) is 18.4 Å². The maximum Gasteiger partial charge on any atom is 0.374 e. The van der Waals surface area contributed by atoms with Gasteiger partial charge in [-0.25, -0.2) is 18.6 Å². The first kappa shape index (κ1) is 15.3. The van der Waals surface area contributed by atoms with Crippen molar-refractivity contribution in [3.63, 3.8) is 0 Å². The molecule has 2 rings (SSSR count). The fourth-order valence-corrected chi connectivity index (χ4v) is 1.98. The molecule has 1 heterocycles. The second kappa shape index (κ2) is 6.13. The SMILES string of the molecule is CCOC(=O)C(=O)Cc1cc2cc(F)c(F)cc2nc1Cl. The molecule has 0 bridgehead atoms. The number of benzene rings is 1. The molecule has 1 aromatic carbocycles. The van der Waals surface area contributed by atoms with Crippen LogP contribution in [0, 0.1) is 11.6 Å². The third kappa shape index (κ3) is 3.33. The van der Waals surface area contributed by atoms with Gasteiger partial charge in [0.15, 0.2) is 11.6 Å². The van der Waals surface area contributed by atoms with Crippen LogP contribution in [0.2, 0.25) is 5.15 Å². The number of hydrogen-bond acceptors (Lipinski definition) is 4. The number of carbonyl (C=O) groups excluding carboxylic acids is 2. The van der Waals surface area contributed by atoms with Crippen LogP contribution in [-0.2, 0) is 20.7 Å². The summed E-state index contributed by atoms with van der Waals surface area (Å²) in [6.07, 6.45) is -0.320. The summed E-state index contributed by atoms with van der Waals surface area (Å²) in [6.45, 7) is 1.66. The third-order valence-electron chi connectivity index (χ3n) is 2.74. The number of fused-ring (bicyclic) bond motifs is 1. The van der Waals surface area contributed by atoms with E-state index in [1.807, 2.05) is 0 Å². The maximum atomic E-state index is 13.2. The number of rotatable bonds is 4. The fourth-order valence-electron chi connectivity index (χ4n) is 1.77. The molecule has 7 heteroatoms. The lowest BCUT2D eigenvalue weighted by atomic mass is 10.1. The van der Waals surface area contributed by atoms with Crippen molar-refractivity contribution in [2.75, 3.05) is 6.61 Å². The molecule has 0 amide bonds. The summed E-state index contributed by atoms with van der Waals surface area (Å²) in [5.74, 6) is -3.84. The zero-order valence-corrected chi connectivity index (χ0v) is 11.7. The third-order valence-corrected chi connectivity index (χ3v) is 3.06. The number of esters is 1. The summed E-state index contributed by atoms with van der Waals surface area (Å²) < 4.78 is 30.9. The van der Waals surface area contributed by atoms with Gasteiger partial charge >= 0.3 is 5.97 Å². The number of Topliss-reactive ketones (excluding diaryl/α,β-unsaturated/α-hetero) is 1. The molecule has 0 spiro atoms. The van der Waals surface area contributed by atoms with Gasteiger partial charge in [-0.15, -0.1) is 0 Å². The van der Waals surface area contributed by atoms with Crippen LogP contribution in [0.5, 0.6) is 0 Å². The molecule has 0 unspecified atom stereocenters. The first-order valence-corrected chi connectivity index (χ1v) is 6.44. The molecule has 0 fully saturated rings. The van der Waals surface area contributed by atoms with Gasteiger partial charge in [-0.05, 0) is 24.6 Å². The Balaban J connectivity index is 2.36. The summed E-state index contributed by atoms with van der Waals surface area (Å²) in [4.78, 5) is 26.8. The van der Waals surface area contributed by atoms with Gasteiger partial charge in [0.25, 0.3) is 0 Å². The van der Waals surface area contributed by atoms with Gasteiger partial charge < -0.3 is 4.74 Å². The zero-order chi connectivity index (χ0) is 15.6. The number of halogens is 3. The quantitative estimate of drug-likeness (QED) is 0.495. The number of aromatic nitrogens is 1. The first-order valence-electron chi connectivity index (χ1n) is 6.06. The normalized spacial score (nSPS) is 10.7. The van der Waals surface area contributed by atoms with Crippen LogP contribution in [0.15, 0.2) is 18.2 Å². The lowest BCUT2D eigenvalue weighted by molar-refractivity contribution is -0.153. The van der Waals surface area contributed by atoms with E-state index in [4.69, 9.17) is 11.6 Å². The predicted octanol–water partition coefficient (Wildman–Crippen LogP) is 2.84. The van der Waals surface area contributed by atoms with Gasteiger partial charge in [0.2, 0.25) is 5.78 Å². The molecule has 0 aliphatic heterocycles. The average Bonchev–Trinajstić information content (AvgIpc) is 2.42. The van der Waals surface area contributed by atoms with E-state index in [1.165, 1.54) is 6.07 Å². The van der Waals surface area contributed by atoms with Crippen molar-refractivity contribution in [2.24, 2.45) is 0 Å². The van der Waals surface area contributed by atoms with Gasteiger partial charge in [0.05, 0.1) is 12.1 Å². The summed E-state index contributed by atoms with van der Waals surface area (Å²) >= 11 is 5.89. The Kier molecular flexibility index (Phi) is 4.47. The van der Waals surface area contributed by atoms with Gasteiger partial charge in [0.1, 0.15) is 5.15 Å². The molecule has 0 aliphatic carbocycles. The smallest absolute Gasteiger partial charge is 0.374 e. The van der Waals surface area contributed by atoms with E-state index >= 15 is 0 Å². The minimum Gasteiger partial charge on any atom is -0.460 e. The molecule has 4 nitrogen and oxygen atoms in total. The number of ether oxygens (including phenoxy) is 1. The highest BCUT2D eigenvalue weighted by Gasteiger charge is 2.18. The number of carbonyl (C=O) groups is 2. The Morgan fingerprint density at radius 3 is 2.57 bits per heavy atom. The van der Waals surface area contributed by atoms with Crippen molar-refractivity contribution < 1.29 is 23.1 Å². The molecule has 110 valence electrons. The fraction of sp³-hybridized carbons (Fsp3) is 0.214. The van der Waals surface area contributed by atoms with Crippen molar-refractivity contribution >= 4 is 34.3 Å². The summed E-state index contributed by atoms with van der Waals surface area (Å²) in [5, 5.41) is 0.233. The lowest BCUT2D eigenvalue weighted by Crippen LogP contribution is -2.19. The van der Waals surface area contributed by atoms with Gasteiger partial charge in [-0.2, -0.15) is 0 Å². The van der Waals surface area contributed by atoms with E-state index < -0.39 is 23.4 Å². The number of ketones is 1. The molecule has 1 aromatic heterocycles. The predicted molar refractivity (Wildman–Crippen MR) is 72.0 cm³/mol. The number of hydrogen-bond donors (Lipinski definition) is 0. The Morgan fingerprint density at radius 1 is 1.24 bits per heavy atom. The Bertz CT molecular complexity index is 734.